The number of nitrogens with zero attached hydrogens (tertiary/aromatic N) is 5. The molecular weight excluding hydrogens is 306 g/mol. The smallest absolute Gasteiger partial charge is 0.231 e. The van der Waals surface area contributed by atoms with E-state index < -0.39 is 0 Å². The first kappa shape index (κ1) is 16.5. The molecule has 8 heteroatoms. The van der Waals surface area contributed by atoms with E-state index in [1.807, 2.05) is 13.0 Å². The number of hydrogen-bond acceptors (Lipinski definition) is 8. The highest BCUT2D eigenvalue weighted by Gasteiger charge is 2.26. The molecule has 2 aromatic rings. The van der Waals surface area contributed by atoms with Gasteiger partial charge >= 0.3 is 0 Å². The van der Waals surface area contributed by atoms with Gasteiger partial charge in [-0.1, -0.05) is 18.5 Å². The molecule has 0 bridgehead atoms. The largest absolute Gasteiger partial charge is 0.370 e. The Balaban J connectivity index is 1.72. The van der Waals surface area contributed by atoms with E-state index >= 15 is 0 Å². The van der Waals surface area contributed by atoms with Crippen LogP contribution in [0.3, 0.4) is 0 Å². The number of aromatic nitrogens is 4. The molecule has 3 rings (SSSR count). The minimum Gasteiger partial charge on any atom is -0.370 e. The van der Waals surface area contributed by atoms with Gasteiger partial charge in [-0.2, -0.15) is 15.0 Å². The summed E-state index contributed by atoms with van der Waals surface area (Å²) in [7, 11) is 0. The van der Waals surface area contributed by atoms with E-state index in [1.54, 1.807) is 0 Å². The minimum atomic E-state index is 0.229. The molecule has 3 heterocycles. The Kier molecular flexibility index (Phi) is 5.12. The summed E-state index contributed by atoms with van der Waals surface area (Å²) in [5.74, 6) is 3.54. The predicted octanol–water partition coefficient (Wildman–Crippen LogP) is 2.35. The summed E-state index contributed by atoms with van der Waals surface area (Å²) in [6.07, 6.45) is 4.33. The van der Waals surface area contributed by atoms with E-state index in [4.69, 9.17) is 10.3 Å². The maximum absolute atomic E-state index is 5.89. The average Bonchev–Trinajstić information content (AvgIpc) is 3.01. The van der Waals surface area contributed by atoms with Crippen LogP contribution in [-0.2, 0) is 0 Å². The number of nitrogens with one attached hydrogen (secondary N) is 1. The van der Waals surface area contributed by atoms with Crippen molar-refractivity contribution in [2.24, 2.45) is 0 Å². The molecule has 0 saturated carbocycles. The zero-order chi connectivity index (χ0) is 16.9. The highest BCUT2D eigenvalue weighted by Crippen LogP contribution is 2.29. The number of aryl methyl sites for hydroxylation is 1. The van der Waals surface area contributed by atoms with E-state index in [-0.39, 0.29) is 5.92 Å². The van der Waals surface area contributed by atoms with Gasteiger partial charge in [-0.25, -0.2) is 0 Å². The first-order valence-corrected chi connectivity index (χ1v) is 8.59. The van der Waals surface area contributed by atoms with Gasteiger partial charge in [0.15, 0.2) is 5.82 Å². The van der Waals surface area contributed by atoms with Crippen molar-refractivity contribution >= 4 is 17.6 Å². The van der Waals surface area contributed by atoms with Crippen molar-refractivity contribution in [2.75, 3.05) is 35.6 Å². The van der Waals surface area contributed by atoms with Crippen LogP contribution in [0.4, 0.5) is 17.6 Å². The van der Waals surface area contributed by atoms with Crippen LogP contribution in [0.25, 0.3) is 0 Å². The lowest BCUT2D eigenvalue weighted by atomic mass is 9.98. The Labute approximate surface area is 141 Å². The normalized spacial score (nSPS) is 17.9. The zero-order valence-electron chi connectivity index (χ0n) is 14.3. The third-order valence-electron chi connectivity index (χ3n) is 4.20. The van der Waals surface area contributed by atoms with E-state index in [1.165, 1.54) is 0 Å². The van der Waals surface area contributed by atoms with Crippen molar-refractivity contribution in [3.05, 3.63) is 17.8 Å². The Morgan fingerprint density at radius 3 is 3.00 bits per heavy atom. The Hall–Kier alpha value is -2.38. The molecule has 1 saturated heterocycles. The number of unbranched alkanes of at least 4 members (excludes halogenated alkanes) is 1. The van der Waals surface area contributed by atoms with E-state index in [0.717, 1.165) is 57.0 Å². The van der Waals surface area contributed by atoms with Crippen molar-refractivity contribution < 1.29 is 4.52 Å². The molecule has 1 atom stereocenters. The SMILES string of the molecule is CCCCNc1cc(N2CCC[C@H](c3nc(C)no3)C2)nc(N)n1. The number of anilines is 3. The van der Waals surface area contributed by atoms with Crippen molar-refractivity contribution in [1.29, 1.82) is 0 Å². The van der Waals surface area contributed by atoms with Gasteiger partial charge in [0.05, 0.1) is 5.92 Å². The molecule has 0 aliphatic carbocycles. The highest BCUT2D eigenvalue weighted by molar-refractivity contribution is 5.53. The van der Waals surface area contributed by atoms with Crippen molar-refractivity contribution in [3.63, 3.8) is 0 Å². The van der Waals surface area contributed by atoms with Crippen molar-refractivity contribution in [1.82, 2.24) is 20.1 Å². The molecule has 130 valence electrons. The number of nitrogens with two attached hydrogens (primary N) is 1. The predicted molar refractivity (Wildman–Crippen MR) is 93.1 cm³/mol. The van der Waals surface area contributed by atoms with Crippen LogP contribution in [-0.4, -0.2) is 39.7 Å². The fourth-order valence-electron chi connectivity index (χ4n) is 2.96. The van der Waals surface area contributed by atoms with E-state index in [0.29, 0.717) is 17.7 Å². The quantitative estimate of drug-likeness (QED) is 0.777. The number of nitrogen functional groups attached to an aromatic ring is 1. The first-order valence-electron chi connectivity index (χ1n) is 8.59. The summed E-state index contributed by atoms with van der Waals surface area (Å²) in [6, 6.07) is 1.97. The second kappa shape index (κ2) is 7.46. The van der Waals surface area contributed by atoms with Crippen LogP contribution in [0.1, 0.15) is 50.2 Å². The van der Waals surface area contributed by atoms with Crippen molar-refractivity contribution in [2.45, 2.75) is 45.4 Å². The topological polar surface area (TPSA) is 106 Å². The summed E-state index contributed by atoms with van der Waals surface area (Å²) in [5, 5.41) is 7.21. The third-order valence-corrected chi connectivity index (χ3v) is 4.20. The van der Waals surface area contributed by atoms with Crippen LogP contribution < -0.4 is 16.0 Å². The second-order valence-corrected chi connectivity index (χ2v) is 6.21. The molecule has 0 aromatic carbocycles. The van der Waals surface area contributed by atoms with Crippen molar-refractivity contribution in [3.8, 4) is 0 Å². The molecule has 1 aliphatic heterocycles. The van der Waals surface area contributed by atoms with Gasteiger partial charge in [-0.15, -0.1) is 0 Å². The molecular formula is C16H25N7O. The van der Waals surface area contributed by atoms with Gasteiger partial charge in [0, 0.05) is 25.7 Å². The summed E-state index contributed by atoms with van der Waals surface area (Å²) in [4.78, 5) is 15.3. The fraction of sp³-hybridized carbons (Fsp3) is 0.625. The molecule has 0 amide bonds. The Morgan fingerprint density at radius 2 is 2.25 bits per heavy atom. The van der Waals surface area contributed by atoms with E-state index in [2.05, 4.69) is 37.2 Å². The molecule has 2 aromatic heterocycles. The van der Waals surface area contributed by atoms with Gasteiger partial charge < -0.3 is 20.5 Å². The van der Waals surface area contributed by atoms with Gasteiger partial charge in [0.1, 0.15) is 11.6 Å². The first-order chi connectivity index (χ1) is 11.7. The summed E-state index contributed by atoms with van der Waals surface area (Å²) in [5.41, 5.74) is 5.89. The van der Waals surface area contributed by atoms with Gasteiger partial charge in [0.25, 0.3) is 0 Å². The fourth-order valence-corrected chi connectivity index (χ4v) is 2.96. The maximum atomic E-state index is 5.89. The number of hydrogen-bond donors (Lipinski definition) is 2. The molecule has 24 heavy (non-hydrogen) atoms. The van der Waals surface area contributed by atoms with E-state index in [9.17, 15) is 0 Å². The Morgan fingerprint density at radius 1 is 1.38 bits per heavy atom. The van der Waals surface area contributed by atoms with Crippen LogP contribution >= 0.6 is 0 Å². The van der Waals surface area contributed by atoms with Crippen LogP contribution in [0.2, 0.25) is 0 Å². The third kappa shape index (κ3) is 3.93. The monoisotopic (exact) mass is 331 g/mol. The summed E-state index contributed by atoms with van der Waals surface area (Å²) in [6.45, 7) is 6.62. The molecule has 3 N–H and O–H groups in total. The summed E-state index contributed by atoms with van der Waals surface area (Å²) < 4.78 is 5.34. The minimum absolute atomic E-state index is 0.229. The molecule has 0 radical (unpaired) electrons. The van der Waals surface area contributed by atoms with Gasteiger partial charge in [0.2, 0.25) is 11.8 Å². The summed E-state index contributed by atoms with van der Waals surface area (Å²) >= 11 is 0. The zero-order valence-corrected chi connectivity index (χ0v) is 14.3. The molecule has 0 spiro atoms. The lowest BCUT2D eigenvalue weighted by Crippen LogP contribution is -2.35. The number of rotatable bonds is 6. The lowest BCUT2D eigenvalue weighted by Gasteiger charge is -2.32. The van der Waals surface area contributed by atoms with Gasteiger partial charge in [-0.3, -0.25) is 0 Å². The molecule has 1 fully saturated rings. The average molecular weight is 331 g/mol. The maximum Gasteiger partial charge on any atom is 0.231 e. The van der Waals surface area contributed by atoms with Crippen LogP contribution in [0, 0.1) is 6.92 Å². The second-order valence-electron chi connectivity index (χ2n) is 6.21. The van der Waals surface area contributed by atoms with Crippen LogP contribution in [0.5, 0.6) is 0 Å². The molecule has 1 aliphatic rings. The molecule has 8 nitrogen and oxygen atoms in total. The number of piperidine rings is 1. The van der Waals surface area contributed by atoms with Crippen LogP contribution in [0.15, 0.2) is 10.6 Å². The highest BCUT2D eigenvalue weighted by atomic mass is 16.5. The lowest BCUT2D eigenvalue weighted by molar-refractivity contribution is 0.331. The standard InChI is InChI=1S/C16H25N7O/c1-3-4-7-18-13-9-14(21-16(17)20-13)23-8-5-6-12(10-23)15-19-11(2)22-24-15/h9,12H,3-8,10H2,1-2H3,(H3,17,18,20,21)/t12-/m0/s1. The molecule has 0 unspecified atom stereocenters. The van der Waals surface area contributed by atoms with Gasteiger partial charge in [-0.05, 0) is 26.2 Å². The Bertz CT molecular complexity index is 672.